The number of carbonyl (C=O) groups is 1. The summed E-state index contributed by atoms with van der Waals surface area (Å²) < 4.78 is 1.83. The third-order valence-electron chi connectivity index (χ3n) is 8.15. The normalized spacial score (nSPS) is 17.9. The van der Waals surface area contributed by atoms with E-state index >= 15 is 0 Å². The Balaban J connectivity index is 1.24. The number of urea groups is 1. The number of piperidine rings is 1. The molecule has 0 spiro atoms. The highest BCUT2D eigenvalue weighted by Crippen LogP contribution is 2.43. The number of rotatable bonds is 4. The van der Waals surface area contributed by atoms with Crippen LogP contribution >= 0.6 is 23.2 Å². The molecule has 2 amide bonds. The van der Waals surface area contributed by atoms with Crippen molar-refractivity contribution in [3.8, 4) is 0 Å². The standard InChI is InChI=1S/C32H30Cl2N4O2/c1-22-20-29(23-12-13-27(33)28(34)21-23)38-30(14-17-35-38)37(22)31(39)36-18-15-26(16-19-36)32(40,24-8-4-2-5-9-24)25-10-6-3-7-11-25/h2-14,17,20-21,26,29,40H,15-16,18-19H2,1H3. The van der Waals surface area contributed by atoms with Crippen LogP contribution in [0.1, 0.15) is 42.5 Å². The summed E-state index contributed by atoms with van der Waals surface area (Å²) in [6.45, 7) is 3.02. The monoisotopic (exact) mass is 572 g/mol. The number of aromatic nitrogens is 2. The molecule has 1 saturated heterocycles. The van der Waals surface area contributed by atoms with E-state index in [1.54, 1.807) is 17.2 Å². The summed E-state index contributed by atoms with van der Waals surface area (Å²) >= 11 is 12.4. The molecule has 204 valence electrons. The summed E-state index contributed by atoms with van der Waals surface area (Å²) in [6, 6.07) is 26.8. The van der Waals surface area contributed by atoms with Gasteiger partial charge in [-0.05, 0) is 60.6 Å². The Kier molecular flexibility index (Phi) is 7.17. The van der Waals surface area contributed by atoms with Gasteiger partial charge in [-0.2, -0.15) is 5.10 Å². The second-order valence-corrected chi connectivity index (χ2v) is 11.3. The fourth-order valence-electron chi connectivity index (χ4n) is 6.09. The molecule has 1 N–H and O–H groups in total. The Bertz CT molecular complexity index is 1510. The molecule has 1 unspecified atom stereocenters. The number of anilines is 1. The maximum atomic E-state index is 13.9. The minimum absolute atomic E-state index is 0.0380. The van der Waals surface area contributed by atoms with E-state index < -0.39 is 5.60 Å². The third-order valence-corrected chi connectivity index (χ3v) is 8.89. The molecule has 6 nitrogen and oxygen atoms in total. The zero-order valence-corrected chi connectivity index (χ0v) is 23.6. The van der Waals surface area contributed by atoms with Crippen molar-refractivity contribution in [2.24, 2.45) is 5.92 Å². The van der Waals surface area contributed by atoms with E-state index in [2.05, 4.69) is 5.10 Å². The number of benzene rings is 3. The zero-order chi connectivity index (χ0) is 27.9. The molecule has 8 heteroatoms. The van der Waals surface area contributed by atoms with Crippen LogP contribution in [0.2, 0.25) is 10.0 Å². The highest BCUT2D eigenvalue weighted by atomic mass is 35.5. The first-order valence-electron chi connectivity index (χ1n) is 13.5. The van der Waals surface area contributed by atoms with Crippen molar-refractivity contribution in [1.29, 1.82) is 0 Å². The molecule has 6 rings (SSSR count). The Morgan fingerprint density at radius 1 is 0.900 bits per heavy atom. The van der Waals surface area contributed by atoms with E-state index in [-0.39, 0.29) is 18.0 Å². The predicted octanol–water partition coefficient (Wildman–Crippen LogP) is 7.27. The molecule has 1 atom stereocenters. The van der Waals surface area contributed by atoms with E-state index in [1.165, 1.54) is 0 Å². The van der Waals surface area contributed by atoms with E-state index in [0.29, 0.717) is 41.8 Å². The Morgan fingerprint density at radius 2 is 1.52 bits per heavy atom. The van der Waals surface area contributed by atoms with Gasteiger partial charge in [0.25, 0.3) is 0 Å². The predicted molar refractivity (Wildman–Crippen MR) is 159 cm³/mol. The molecular formula is C32H30Cl2N4O2. The van der Waals surface area contributed by atoms with Gasteiger partial charge in [-0.25, -0.2) is 9.48 Å². The number of allylic oxidation sites excluding steroid dienone is 2. The molecule has 0 bridgehead atoms. The van der Waals surface area contributed by atoms with Gasteiger partial charge in [0.2, 0.25) is 0 Å². The van der Waals surface area contributed by atoms with Crippen LogP contribution in [0, 0.1) is 5.92 Å². The van der Waals surface area contributed by atoms with Gasteiger partial charge in [-0.15, -0.1) is 0 Å². The lowest BCUT2D eigenvalue weighted by molar-refractivity contribution is -0.00887. The van der Waals surface area contributed by atoms with Gasteiger partial charge in [0.15, 0.2) is 0 Å². The quantitative estimate of drug-likeness (QED) is 0.279. The summed E-state index contributed by atoms with van der Waals surface area (Å²) in [7, 11) is 0. The van der Waals surface area contributed by atoms with E-state index in [4.69, 9.17) is 23.2 Å². The smallest absolute Gasteiger partial charge is 0.330 e. The van der Waals surface area contributed by atoms with Crippen LogP contribution in [0.5, 0.6) is 0 Å². The van der Waals surface area contributed by atoms with Crippen molar-refractivity contribution < 1.29 is 9.90 Å². The lowest BCUT2D eigenvalue weighted by Gasteiger charge is -2.43. The molecule has 4 aromatic rings. The molecule has 2 aliphatic rings. The van der Waals surface area contributed by atoms with Gasteiger partial charge in [-0.3, -0.25) is 4.90 Å². The van der Waals surface area contributed by atoms with Gasteiger partial charge in [0.05, 0.1) is 22.3 Å². The molecule has 3 aromatic carbocycles. The topological polar surface area (TPSA) is 61.6 Å². The Labute approximate surface area is 244 Å². The summed E-state index contributed by atoms with van der Waals surface area (Å²) in [6.07, 6.45) is 5.08. The van der Waals surface area contributed by atoms with Crippen LogP contribution < -0.4 is 4.90 Å². The van der Waals surface area contributed by atoms with Crippen molar-refractivity contribution in [3.05, 3.63) is 130 Å². The first-order valence-corrected chi connectivity index (χ1v) is 14.2. The highest BCUT2D eigenvalue weighted by Gasteiger charge is 2.43. The summed E-state index contributed by atoms with van der Waals surface area (Å²) in [5.41, 5.74) is 2.37. The first kappa shape index (κ1) is 26.6. The summed E-state index contributed by atoms with van der Waals surface area (Å²) in [4.78, 5) is 17.5. The lowest BCUT2D eigenvalue weighted by Crippen LogP contribution is -2.50. The molecule has 2 aliphatic heterocycles. The molecule has 0 aliphatic carbocycles. The van der Waals surface area contributed by atoms with Crippen LogP contribution in [0.15, 0.2) is 103 Å². The number of fused-ring (bicyclic) bond motifs is 1. The van der Waals surface area contributed by atoms with Crippen LogP contribution in [0.25, 0.3) is 0 Å². The molecule has 40 heavy (non-hydrogen) atoms. The van der Waals surface area contributed by atoms with Crippen molar-refractivity contribution in [1.82, 2.24) is 14.7 Å². The molecule has 3 heterocycles. The highest BCUT2D eigenvalue weighted by molar-refractivity contribution is 6.42. The lowest BCUT2D eigenvalue weighted by atomic mass is 9.72. The third kappa shape index (κ3) is 4.60. The maximum Gasteiger partial charge on any atom is 0.330 e. The first-order chi connectivity index (χ1) is 19.4. The average Bonchev–Trinajstić information content (AvgIpc) is 3.48. The number of likely N-dealkylation sites (tertiary alicyclic amines) is 1. The van der Waals surface area contributed by atoms with Gasteiger partial charge >= 0.3 is 6.03 Å². The molecule has 0 radical (unpaired) electrons. The van der Waals surface area contributed by atoms with Gasteiger partial charge in [0, 0.05) is 24.9 Å². The number of halogens is 2. The number of carbonyl (C=O) groups excluding carboxylic acids is 1. The van der Waals surface area contributed by atoms with Gasteiger partial charge in [-0.1, -0.05) is 89.9 Å². The number of amides is 2. The summed E-state index contributed by atoms with van der Waals surface area (Å²) in [5.74, 6) is 0.664. The maximum absolute atomic E-state index is 13.9. The zero-order valence-electron chi connectivity index (χ0n) is 22.1. The van der Waals surface area contributed by atoms with Gasteiger partial charge in [0.1, 0.15) is 11.4 Å². The SMILES string of the molecule is CC1=CC(c2ccc(Cl)c(Cl)c2)n2nccc2N1C(=O)N1CCC(C(O)(c2ccccc2)c2ccccc2)CC1. The second-order valence-electron chi connectivity index (χ2n) is 10.4. The van der Waals surface area contributed by atoms with E-state index in [9.17, 15) is 9.90 Å². The van der Waals surface area contributed by atoms with Crippen LogP contribution in [-0.2, 0) is 5.60 Å². The van der Waals surface area contributed by atoms with E-state index in [1.807, 2.05) is 101 Å². The van der Waals surface area contributed by atoms with E-state index in [0.717, 1.165) is 22.4 Å². The minimum atomic E-state index is -1.13. The number of hydrogen-bond acceptors (Lipinski definition) is 3. The van der Waals surface area contributed by atoms with Crippen LogP contribution in [0.4, 0.5) is 10.6 Å². The van der Waals surface area contributed by atoms with Crippen molar-refractivity contribution in [3.63, 3.8) is 0 Å². The minimum Gasteiger partial charge on any atom is -0.380 e. The number of hydrogen-bond donors (Lipinski definition) is 1. The Morgan fingerprint density at radius 3 is 2.12 bits per heavy atom. The van der Waals surface area contributed by atoms with Gasteiger partial charge < -0.3 is 10.0 Å². The fourth-order valence-corrected chi connectivity index (χ4v) is 6.39. The molecular weight excluding hydrogens is 543 g/mol. The molecule has 0 saturated carbocycles. The van der Waals surface area contributed by atoms with Crippen molar-refractivity contribution >= 4 is 35.1 Å². The largest absolute Gasteiger partial charge is 0.380 e. The second kappa shape index (κ2) is 10.8. The fraction of sp³-hybridized carbons (Fsp3) is 0.250. The average molecular weight is 574 g/mol. The van der Waals surface area contributed by atoms with Crippen molar-refractivity contribution in [2.75, 3.05) is 18.0 Å². The summed E-state index contributed by atoms with van der Waals surface area (Å²) in [5, 5.41) is 17.7. The van der Waals surface area contributed by atoms with Crippen LogP contribution in [-0.4, -0.2) is 38.9 Å². The number of aliphatic hydroxyl groups is 1. The number of nitrogens with zero attached hydrogens (tertiary/aromatic N) is 4. The molecule has 1 fully saturated rings. The molecule has 1 aromatic heterocycles. The van der Waals surface area contributed by atoms with Crippen LogP contribution in [0.3, 0.4) is 0 Å². The van der Waals surface area contributed by atoms with Crippen molar-refractivity contribution in [2.45, 2.75) is 31.4 Å². The Hall–Kier alpha value is -3.58.